The van der Waals surface area contributed by atoms with Gasteiger partial charge in [0.15, 0.2) is 0 Å². The molecule has 0 fully saturated rings. The predicted molar refractivity (Wildman–Crippen MR) is 130 cm³/mol. The number of hydrogen-bond acceptors (Lipinski definition) is 4. The van der Waals surface area contributed by atoms with Crippen LogP contribution >= 0.6 is 7.92 Å². The van der Waals surface area contributed by atoms with Gasteiger partial charge in [0, 0.05) is 0 Å². The molecular formula is C26H21MgO5P. The van der Waals surface area contributed by atoms with Gasteiger partial charge in [-0.1, -0.05) is 109 Å². The third kappa shape index (κ3) is 8.11. The quantitative estimate of drug-likeness (QED) is 0.316. The molecule has 0 bridgehead atoms. The first kappa shape index (κ1) is 28.0. The summed E-state index contributed by atoms with van der Waals surface area (Å²) >= 11 is 0. The van der Waals surface area contributed by atoms with E-state index >= 15 is 0 Å². The Labute approximate surface area is 210 Å². The van der Waals surface area contributed by atoms with E-state index in [0.29, 0.717) is 0 Å². The number of carbonyl (C=O) groups excluding carboxylic acids is 2. The molecule has 0 saturated carbocycles. The van der Waals surface area contributed by atoms with Crippen LogP contribution in [-0.4, -0.2) is 40.5 Å². The Bertz CT molecular complexity index is 1020. The molecule has 4 aromatic rings. The van der Waals surface area contributed by atoms with Gasteiger partial charge in [0.2, 0.25) is 0 Å². The Balaban J connectivity index is 0.000000342. The van der Waals surface area contributed by atoms with E-state index in [1.807, 2.05) is 0 Å². The average Bonchev–Trinajstić information content (AvgIpc) is 2.82. The maximum absolute atomic E-state index is 10.3. The van der Waals surface area contributed by atoms with Gasteiger partial charge < -0.3 is 25.3 Å². The summed E-state index contributed by atoms with van der Waals surface area (Å²) in [5.74, 6) is -2.81. The van der Waals surface area contributed by atoms with E-state index in [2.05, 4.69) is 91.0 Å². The molecule has 4 aromatic carbocycles. The number of aromatic carboxylic acids is 2. The number of carboxylic acid groups (broad SMARTS) is 2. The van der Waals surface area contributed by atoms with Crippen molar-refractivity contribution in [1.82, 2.24) is 0 Å². The zero-order valence-electron chi connectivity index (χ0n) is 17.8. The zero-order chi connectivity index (χ0) is 22.1. The SMILES string of the molecule is O.O=C([O-])c1cccc(C(=O)[O-])c1.[Mg+2].c1ccc(P(c2ccccc2)c2ccccc2)cc1. The minimum atomic E-state index is -1.40. The summed E-state index contributed by atoms with van der Waals surface area (Å²) in [5.41, 5.74) is -0.339. The van der Waals surface area contributed by atoms with Crippen LogP contribution in [0, 0.1) is 0 Å². The predicted octanol–water partition coefficient (Wildman–Crippen LogP) is 0.653. The van der Waals surface area contributed by atoms with Crippen molar-refractivity contribution in [3.63, 3.8) is 0 Å². The summed E-state index contributed by atoms with van der Waals surface area (Å²) in [5, 5.41) is 24.7. The third-order valence-corrected chi connectivity index (χ3v) is 6.82. The van der Waals surface area contributed by atoms with Gasteiger partial charge in [0.1, 0.15) is 0 Å². The summed E-state index contributed by atoms with van der Waals surface area (Å²) in [6.45, 7) is 0. The van der Waals surface area contributed by atoms with E-state index in [1.54, 1.807) is 0 Å². The fourth-order valence-corrected chi connectivity index (χ4v) is 5.26. The summed E-state index contributed by atoms with van der Waals surface area (Å²) in [4.78, 5) is 20.5. The van der Waals surface area contributed by atoms with Crippen LogP contribution in [0.5, 0.6) is 0 Å². The van der Waals surface area contributed by atoms with Crippen LogP contribution in [0.3, 0.4) is 0 Å². The zero-order valence-corrected chi connectivity index (χ0v) is 20.1. The van der Waals surface area contributed by atoms with Gasteiger partial charge in [0.05, 0.1) is 11.9 Å². The second-order valence-electron chi connectivity index (χ2n) is 6.50. The van der Waals surface area contributed by atoms with E-state index in [-0.39, 0.29) is 39.7 Å². The molecule has 162 valence electrons. The van der Waals surface area contributed by atoms with Crippen LogP contribution in [0.15, 0.2) is 115 Å². The van der Waals surface area contributed by atoms with Gasteiger partial charge in [-0.25, -0.2) is 0 Å². The monoisotopic (exact) mass is 468 g/mol. The van der Waals surface area contributed by atoms with Crippen LogP contribution in [0.4, 0.5) is 0 Å². The number of benzene rings is 4. The van der Waals surface area contributed by atoms with Crippen LogP contribution < -0.4 is 26.1 Å². The fourth-order valence-electron chi connectivity index (χ4n) is 2.95. The summed E-state index contributed by atoms with van der Waals surface area (Å²) in [6.07, 6.45) is 0. The minimum absolute atomic E-state index is 0. The average molecular weight is 469 g/mol. The normalized spacial score (nSPS) is 9.48. The first-order chi connectivity index (χ1) is 15.1. The topological polar surface area (TPSA) is 112 Å². The van der Waals surface area contributed by atoms with Gasteiger partial charge in [-0.05, 0) is 41.0 Å². The third-order valence-electron chi connectivity index (χ3n) is 4.38. The molecule has 0 spiro atoms. The second kappa shape index (κ2) is 14.2. The smallest absolute Gasteiger partial charge is 0.545 e. The van der Waals surface area contributed by atoms with Crippen molar-refractivity contribution in [3.05, 3.63) is 126 Å². The molecule has 0 unspecified atom stereocenters. The molecule has 0 amide bonds. The van der Waals surface area contributed by atoms with Gasteiger partial charge in [0.25, 0.3) is 0 Å². The van der Waals surface area contributed by atoms with Crippen molar-refractivity contribution in [2.45, 2.75) is 0 Å². The number of rotatable bonds is 5. The summed E-state index contributed by atoms with van der Waals surface area (Å²) in [7, 11) is -0.446. The van der Waals surface area contributed by atoms with Crippen LogP contribution in [-0.2, 0) is 0 Å². The molecule has 0 saturated heterocycles. The second-order valence-corrected chi connectivity index (χ2v) is 8.72. The Morgan fingerprint density at radius 2 is 0.818 bits per heavy atom. The van der Waals surface area contributed by atoms with Crippen molar-refractivity contribution in [2.24, 2.45) is 0 Å². The molecule has 5 nitrogen and oxygen atoms in total. The number of hydrogen-bond donors (Lipinski definition) is 0. The molecule has 2 N–H and O–H groups in total. The summed E-state index contributed by atoms with van der Waals surface area (Å²) in [6, 6.07) is 37.1. The molecule has 0 heterocycles. The summed E-state index contributed by atoms with van der Waals surface area (Å²) < 4.78 is 0. The van der Waals surface area contributed by atoms with Gasteiger partial charge in [-0.3, -0.25) is 0 Å². The van der Waals surface area contributed by atoms with E-state index < -0.39 is 19.9 Å². The molecule has 4 rings (SSSR count). The molecule has 0 aromatic heterocycles. The molecule has 0 aliphatic rings. The maximum atomic E-state index is 10.3. The Hall–Kier alpha value is -3.02. The first-order valence-electron chi connectivity index (χ1n) is 9.54. The molecule has 7 heteroatoms. The largest absolute Gasteiger partial charge is 2.00 e. The molecule has 0 radical (unpaired) electrons. The maximum Gasteiger partial charge on any atom is 2.00 e. The molecule has 33 heavy (non-hydrogen) atoms. The van der Waals surface area contributed by atoms with Crippen molar-refractivity contribution >= 4 is 58.8 Å². The van der Waals surface area contributed by atoms with Crippen molar-refractivity contribution in [2.75, 3.05) is 0 Å². The van der Waals surface area contributed by atoms with E-state index in [9.17, 15) is 19.8 Å². The Morgan fingerprint density at radius 1 is 0.515 bits per heavy atom. The number of carbonyl (C=O) groups is 2. The van der Waals surface area contributed by atoms with Gasteiger partial charge in [-0.15, -0.1) is 0 Å². The van der Waals surface area contributed by atoms with Crippen LogP contribution in [0.1, 0.15) is 20.7 Å². The first-order valence-corrected chi connectivity index (χ1v) is 10.9. The Kier molecular flexibility index (Phi) is 12.0. The molecule has 0 atom stereocenters. The standard InChI is InChI=1S/C18H15P.C8H6O4.Mg.H2O/c1-4-10-16(11-5-1)19(17-12-6-2-7-13-17)18-14-8-3-9-15-18;9-7(10)5-2-1-3-6(4-5)8(11)12;;/h1-15H;1-4H,(H,9,10)(H,11,12);;1H2/q;;+2;/p-2. The van der Waals surface area contributed by atoms with E-state index in [0.717, 1.165) is 6.07 Å². The van der Waals surface area contributed by atoms with Crippen molar-refractivity contribution in [3.8, 4) is 0 Å². The van der Waals surface area contributed by atoms with E-state index in [1.165, 1.54) is 34.1 Å². The van der Waals surface area contributed by atoms with Crippen molar-refractivity contribution < 1.29 is 25.3 Å². The fraction of sp³-hybridized carbons (Fsp3) is 0. The molecular weight excluding hydrogens is 448 g/mol. The van der Waals surface area contributed by atoms with E-state index in [4.69, 9.17) is 0 Å². The van der Waals surface area contributed by atoms with Gasteiger partial charge >= 0.3 is 23.1 Å². The van der Waals surface area contributed by atoms with Crippen LogP contribution in [0.25, 0.3) is 0 Å². The van der Waals surface area contributed by atoms with Crippen LogP contribution in [0.2, 0.25) is 0 Å². The molecule has 0 aliphatic carbocycles. The van der Waals surface area contributed by atoms with Gasteiger partial charge in [-0.2, -0.15) is 0 Å². The Morgan fingerprint density at radius 3 is 1.09 bits per heavy atom. The minimum Gasteiger partial charge on any atom is -0.545 e. The number of carboxylic acids is 2. The molecule has 0 aliphatic heterocycles. The van der Waals surface area contributed by atoms with Crippen molar-refractivity contribution in [1.29, 1.82) is 0 Å².